The molecular formula is C20H18FN3O3S. The molecule has 0 radical (unpaired) electrons. The van der Waals surface area contributed by atoms with Crippen molar-refractivity contribution >= 4 is 28.3 Å². The largest absolute Gasteiger partial charge is 0.493 e. The van der Waals surface area contributed by atoms with Gasteiger partial charge in [-0.25, -0.2) is 9.18 Å². The number of nitrogens with two attached hydrogens (primary N) is 2. The Morgan fingerprint density at radius 2 is 1.86 bits per heavy atom. The summed E-state index contributed by atoms with van der Waals surface area (Å²) in [6.07, 6.45) is 0.539. The number of carbonyl (C=O) groups is 2. The van der Waals surface area contributed by atoms with E-state index in [0.29, 0.717) is 23.7 Å². The van der Waals surface area contributed by atoms with E-state index in [1.165, 1.54) is 23.5 Å². The van der Waals surface area contributed by atoms with Crippen molar-refractivity contribution in [2.45, 2.75) is 6.42 Å². The van der Waals surface area contributed by atoms with E-state index in [1.54, 1.807) is 18.2 Å². The van der Waals surface area contributed by atoms with Crippen LogP contribution in [0.15, 0.2) is 54.6 Å². The molecule has 5 N–H and O–H groups in total. The highest BCUT2D eigenvalue weighted by molar-refractivity contribution is 7.20. The predicted molar refractivity (Wildman–Crippen MR) is 107 cm³/mol. The minimum atomic E-state index is -0.782. The van der Waals surface area contributed by atoms with Crippen LogP contribution in [-0.2, 0) is 6.42 Å². The SMILES string of the molecule is NC(=O)Nc1sc(-c2ccccc2OCCc2cccc(F)c2)cc1C(N)=O. The summed E-state index contributed by atoms with van der Waals surface area (Å²) in [5.74, 6) is -0.359. The first-order valence-electron chi connectivity index (χ1n) is 8.41. The normalized spacial score (nSPS) is 10.5. The Morgan fingerprint density at radius 1 is 1.07 bits per heavy atom. The van der Waals surface area contributed by atoms with E-state index in [-0.39, 0.29) is 16.4 Å². The molecule has 0 aliphatic carbocycles. The molecule has 0 bridgehead atoms. The van der Waals surface area contributed by atoms with Crippen molar-refractivity contribution in [1.82, 2.24) is 0 Å². The summed E-state index contributed by atoms with van der Waals surface area (Å²) >= 11 is 1.17. The van der Waals surface area contributed by atoms with Crippen molar-refractivity contribution in [2.24, 2.45) is 11.5 Å². The fourth-order valence-corrected chi connectivity index (χ4v) is 3.78. The number of urea groups is 1. The second-order valence-electron chi connectivity index (χ2n) is 5.93. The molecule has 0 unspecified atom stereocenters. The molecule has 0 atom stereocenters. The van der Waals surface area contributed by atoms with E-state index in [9.17, 15) is 14.0 Å². The highest BCUT2D eigenvalue weighted by Gasteiger charge is 2.18. The smallest absolute Gasteiger partial charge is 0.317 e. The number of ether oxygens (including phenoxy) is 1. The van der Waals surface area contributed by atoms with Gasteiger partial charge in [0.15, 0.2) is 0 Å². The molecule has 0 saturated carbocycles. The number of rotatable bonds is 7. The summed E-state index contributed by atoms with van der Waals surface area (Å²) in [5.41, 5.74) is 12.3. The van der Waals surface area contributed by atoms with Gasteiger partial charge in [-0.1, -0.05) is 24.3 Å². The minimum Gasteiger partial charge on any atom is -0.493 e. The van der Waals surface area contributed by atoms with Crippen LogP contribution < -0.4 is 21.5 Å². The lowest BCUT2D eigenvalue weighted by atomic mass is 10.1. The zero-order chi connectivity index (χ0) is 20.1. The number of para-hydroxylation sites is 1. The summed E-state index contributed by atoms with van der Waals surface area (Å²) < 4.78 is 19.2. The third-order valence-electron chi connectivity index (χ3n) is 3.92. The van der Waals surface area contributed by atoms with Crippen molar-refractivity contribution in [3.05, 3.63) is 71.5 Å². The van der Waals surface area contributed by atoms with Gasteiger partial charge < -0.3 is 16.2 Å². The summed E-state index contributed by atoms with van der Waals surface area (Å²) in [4.78, 5) is 23.5. The molecule has 6 nitrogen and oxygen atoms in total. The molecule has 28 heavy (non-hydrogen) atoms. The third-order valence-corrected chi connectivity index (χ3v) is 5.01. The van der Waals surface area contributed by atoms with Crippen LogP contribution >= 0.6 is 11.3 Å². The Kier molecular flexibility index (Phi) is 5.90. The number of amides is 3. The van der Waals surface area contributed by atoms with Crippen LogP contribution in [0, 0.1) is 5.82 Å². The van der Waals surface area contributed by atoms with Crippen LogP contribution in [-0.4, -0.2) is 18.5 Å². The van der Waals surface area contributed by atoms with Crippen LogP contribution in [0.5, 0.6) is 5.75 Å². The fourth-order valence-electron chi connectivity index (χ4n) is 2.68. The van der Waals surface area contributed by atoms with Gasteiger partial charge >= 0.3 is 6.03 Å². The number of halogens is 1. The van der Waals surface area contributed by atoms with Crippen molar-refractivity contribution < 1.29 is 18.7 Å². The number of anilines is 1. The minimum absolute atomic E-state index is 0.174. The highest BCUT2D eigenvalue weighted by atomic mass is 32.1. The Balaban J connectivity index is 1.82. The lowest BCUT2D eigenvalue weighted by Gasteiger charge is -2.10. The molecule has 3 rings (SSSR count). The second-order valence-corrected chi connectivity index (χ2v) is 6.98. The number of hydrogen-bond acceptors (Lipinski definition) is 4. The third kappa shape index (κ3) is 4.66. The van der Waals surface area contributed by atoms with Crippen molar-refractivity contribution in [1.29, 1.82) is 0 Å². The zero-order valence-corrected chi connectivity index (χ0v) is 15.6. The fraction of sp³-hybridized carbons (Fsp3) is 0.100. The molecule has 3 amide bonds. The Bertz CT molecular complexity index is 1020. The molecule has 144 valence electrons. The molecule has 2 aromatic carbocycles. The number of carbonyl (C=O) groups excluding carboxylic acids is 2. The van der Waals surface area contributed by atoms with E-state index in [1.807, 2.05) is 24.3 Å². The van der Waals surface area contributed by atoms with Gasteiger partial charge in [-0.2, -0.15) is 0 Å². The Morgan fingerprint density at radius 3 is 2.57 bits per heavy atom. The van der Waals surface area contributed by atoms with Gasteiger partial charge in [-0.15, -0.1) is 11.3 Å². The molecule has 0 saturated heterocycles. The van der Waals surface area contributed by atoms with Crippen LogP contribution in [0.1, 0.15) is 15.9 Å². The molecule has 1 aromatic heterocycles. The Labute approximate surface area is 164 Å². The maximum atomic E-state index is 13.3. The molecule has 0 aliphatic heterocycles. The number of thiophene rings is 1. The van der Waals surface area contributed by atoms with Crippen LogP contribution in [0.4, 0.5) is 14.2 Å². The molecule has 1 heterocycles. The molecule has 0 spiro atoms. The standard InChI is InChI=1S/C20H18FN3O3S/c21-13-5-3-4-12(10-13)8-9-27-16-7-2-1-6-14(16)17-11-15(18(22)25)19(28-17)24-20(23)26/h1-7,10-11H,8-9H2,(H2,22,25)(H3,23,24,26). The summed E-state index contributed by atoms with van der Waals surface area (Å²) in [6, 6.07) is 14.4. The van der Waals surface area contributed by atoms with Crippen molar-refractivity contribution in [2.75, 3.05) is 11.9 Å². The number of benzene rings is 2. The van der Waals surface area contributed by atoms with Gasteiger partial charge in [0.25, 0.3) is 5.91 Å². The zero-order valence-electron chi connectivity index (χ0n) is 14.8. The molecule has 0 aliphatic rings. The van der Waals surface area contributed by atoms with Gasteiger partial charge in [0, 0.05) is 16.9 Å². The van der Waals surface area contributed by atoms with E-state index in [0.717, 1.165) is 11.1 Å². The molecule has 8 heteroatoms. The van der Waals surface area contributed by atoms with Gasteiger partial charge in [-0.3, -0.25) is 10.1 Å². The lowest BCUT2D eigenvalue weighted by molar-refractivity contribution is 0.100. The Hall–Kier alpha value is -3.39. The average Bonchev–Trinajstić information content (AvgIpc) is 3.05. The van der Waals surface area contributed by atoms with E-state index < -0.39 is 11.9 Å². The first-order valence-corrected chi connectivity index (χ1v) is 9.22. The van der Waals surface area contributed by atoms with Gasteiger partial charge in [0.2, 0.25) is 0 Å². The van der Waals surface area contributed by atoms with Crippen LogP contribution in [0.2, 0.25) is 0 Å². The maximum Gasteiger partial charge on any atom is 0.317 e. The number of nitrogens with one attached hydrogen (secondary N) is 1. The van der Waals surface area contributed by atoms with Gasteiger partial charge in [-0.05, 0) is 35.9 Å². The van der Waals surface area contributed by atoms with E-state index >= 15 is 0 Å². The van der Waals surface area contributed by atoms with Crippen LogP contribution in [0.3, 0.4) is 0 Å². The lowest BCUT2D eigenvalue weighted by Crippen LogP contribution is -2.21. The predicted octanol–water partition coefficient (Wildman–Crippen LogP) is 3.77. The monoisotopic (exact) mass is 399 g/mol. The summed E-state index contributed by atoms with van der Waals surface area (Å²) in [5, 5.41) is 2.70. The van der Waals surface area contributed by atoms with E-state index in [4.69, 9.17) is 16.2 Å². The molecular weight excluding hydrogens is 381 g/mol. The number of primary amides is 2. The highest BCUT2D eigenvalue weighted by Crippen LogP contribution is 2.39. The number of hydrogen-bond donors (Lipinski definition) is 3. The first-order chi connectivity index (χ1) is 13.4. The van der Waals surface area contributed by atoms with Gasteiger partial charge in [0.05, 0.1) is 12.2 Å². The maximum absolute atomic E-state index is 13.3. The molecule has 3 aromatic rings. The quantitative estimate of drug-likeness (QED) is 0.563. The second kappa shape index (κ2) is 8.53. The van der Waals surface area contributed by atoms with E-state index in [2.05, 4.69) is 5.32 Å². The van der Waals surface area contributed by atoms with Gasteiger partial charge in [0.1, 0.15) is 16.6 Å². The first kappa shape index (κ1) is 19.4. The van der Waals surface area contributed by atoms with Crippen LogP contribution in [0.25, 0.3) is 10.4 Å². The summed E-state index contributed by atoms with van der Waals surface area (Å²) in [7, 11) is 0. The average molecular weight is 399 g/mol. The summed E-state index contributed by atoms with van der Waals surface area (Å²) in [6.45, 7) is 0.348. The van der Waals surface area contributed by atoms with Crippen molar-refractivity contribution in [3.8, 4) is 16.2 Å². The topological polar surface area (TPSA) is 107 Å². The molecule has 0 fully saturated rings. The van der Waals surface area contributed by atoms with Crippen molar-refractivity contribution in [3.63, 3.8) is 0 Å².